The number of aromatic nitrogens is 2. The fraction of sp³-hybridized carbons (Fsp3) is 0.143. The minimum absolute atomic E-state index is 0.0688. The highest BCUT2D eigenvalue weighted by Crippen LogP contribution is 2.28. The fourth-order valence-electron chi connectivity index (χ4n) is 2.59. The van der Waals surface area contributed by atoms with Gasteiger partial charge in [0.1, 0.15) is 34.8 Å². The van der Waals surface area contributed by atoms with Crippen molar-refractivity contribution in [3.63, 3.8) is 0 Å². The Morgan fingerprint density at radius 2 is 1.48 bits per heavy atom. The number of nitrogens with one attached hydrogen (secondary N) is 1. The molecule has 0 fully saturated rings. The van der Waals surface area contributed by atoms with Crippen LogP contribution in [0.25, 0.3) is 11.4 Å². The number of nitrogens with zero attached hydrogens (tertiary/aromatic N) is 2. The molecule has 2 amide bonds. The molecule has 0 spiro atoms. The lowest BCUT2D eigenvalue weighted by Gasteiger charge is -2.13. The van der Waals surface area contributed by atoms with E-state index in [2.05, 4.69) is 20.0 Å². The number of hydrogen-bond donors (Lipinski definition) is 3. The molecule has 12 heteroatoms. The molecule has 1 unspecified atom stereocenters. The molecule has 2 aromatic carbocycles. The maximum absolute atomic E-state index is 12.2. The van der Waals surface area contributed by atoms with Crippen molar-refractivity contribution in [2.45, 2.75) is 19.3 Å². The van der Waals surface area contributed by atoms with Crippen LogP contribution in [-0.2, 0) is 4.79 Å². The Bertz CT molecular complexity index is 1150. The molecule has 0 radical (unpaired) electrons. The van der Waals surface area contributed by atoms with E-state index in [4.69, 9.17) is 16.2 Å². The number of hydrogen-bond acceptors (Lipinski definition) is 7. The minimum Gasteiger partial charge on any atom is -0.457 e. The smallest absolute Gasteiger partial charge is 0.457 e. The molecule has 33 heavy (non-hydrogen) atoms. The van der Waals surface area contributed by atoms with Gasteiger partial charge >= 0.3 is 6.36 Å². The summed E-state index contributed by atoms with van der Waals surface area (Å²) in [7, 11) is 0. The molecule has 5 N–H and O–H groups in total. The Labute approximate surface area is 185 Å². The standard InChI is InChI=1S/C21H18F3N5O4/c1-11(18(25)30)27-17-10-16(19(26)31)28-20(29-17)12-2-4-13(5-3-12)32-14-6-8-15(9-7-14)33-21(22,23)24/h2-11H,1H3,(H2,25,30)(H2,26,31)(H,27,28,29). The minimum atomic E-state index is -4.78. The zero-order valence-electron chi connectivity index (χ0n) is 17.1. The first-order chi connectivity index (χ1) is 15.5. The zero-order valence-corrected chi connectivity index (χ0v) is 17.1. The molecule has 1 heterocycles. The van der Waals surface area contributed by atoms with Crippen LogP contribution in [0.2, 0.25) is 0 Å². The van der Waals surface area contributed by atoms with Crippen molar-refractivity contribution >= 4 is 17.6 Å². The van der Waals surface area contributed by atoms with Crippen molar-refractivity contribution in [2.24, 2.45) is 11.5 Å². The van der Waals surface area contributed by atoms with E-state index >= 15 is 0 Å². The molecule has 9 nitrogen and oxygen atoms in total. The third-order valence-electron chi connectivity index (χ3n) is 4.18. The quantitative estimate of drug-likeness (QED) is 0.467. The molecule has 0 saturated heterocycles. The van der Waals surface area contributed by atoms with Crippen LogP contribution in [0.4, 0.5) is 19.0 Å². The summed E-state index contributed by atoms with van der Waals surface area (Å²) in [6.07, 6.45) is -4.78. The van der Waals surface area contributed by atoms with Crippen LogP contribution >= 0.6 is 0 Å². The largest absolute Gasteiger partial charge is 0.573 e. The number of anilines is 1. The Morgan fingerprint density at radius 1 is 0.939 bits per heavy atom. The van der Waals surface area contributed by atoms with Crippen LogP contribution in [0.15, 0.2) is 54.6 Å². The third kappa shape index (κ3) is 6.56. The molecule has 172 valence electrons. The molecule has 1 atom stereocenters. The number of rotatable bonds is 8. The van der Waals surface area contributed by atoms with Crippen LogP contribution in [0.5, 0.6) is 17.2 Å². The Morgan fingerprint density at radius 3 is 2.00 bits per heavy atom. The zero-order chi connectivity index (χ0) is 24.2. The molecule has 1 aromatic heterocycles. The van der Waals surface area contributed by atoms with Crippen LogP contribution in [0.1, 0.15) is 17.4 Å². The van der Waals surface area contributed by atoms with Gasteiger partial charge in [0.25, 0.3) is 5.91 Å². The first-order valence-electron chi connectivity index (χ1n) is 9.39. The molecule has 0 bridgehead atoms. The molecular formula is C21H18F3N5O4. The lowest BCUT2D eigenvalue weighted by molar-refractivity contribution is -0.274. The van der Waals surface area contributed by atoms with E-state index < -0.39 is 24.2 Å². The summed E-state index contributed by atoms with van der Waals surface area (Å²) < 4.78 is 46.1. The summed E-state index contributed by atoms with van der Waals surface area (Å²) in [6.45, 7) is 1.53. The number of amides is 2. The molecule has 3 rings (SSSR count). The highest BCUT2D eigenvalue weighted by atomic mass is 19.4. The van der Waals surface area contributed by atoms with E-state index in [9.17, 15) is 22.8 Å². The van der Waals surface area contributed by atoms with E-state index in [0.717, 1.165) is 12.1 Å². The second-order valence-electron chi connectivity index (χ2n) is 6.74. The van der Waals surface area contributed by atoms with Gasteiger partial charge in [-0.3, -0.25) is 9.59 Å². The van der Waals surface area contributed by atoms with Crippen molar-refractivity contribution in [3.8, 4) is 28.6 Å². The normalized spacial score (nSPS) is 12.0. The van der Waals surface area contributed by atoms with Gasteiger partial charge in [0.2, 0.25) is 5.91 Å². The molecule has 0 aliphatic rings. The lowest BCUT2D eigenvalue weighted by Crippen LogP contribution is -2.33. The number of ether oxygens (including phenoxy) is 2. The second kappa shape index (κ2) is 9.42. The van der Waals surface area contributed by atoms with E-state index in [1.165, 1.54) is 25.1 Å². The van der Waals surface area contributed by atoms with Gasteiger partial charge in [-0.05, 0) is 55.5 Å². The van der Waals surface area contributed by atoms with E-state index in [1.54, 1.807) is 24.3 Å². The summed E-state index contributed by atoms with van der Waals surface area (Å²) in [4.78, 5) is 31.3. The summed E-state index contributed by atoms with van der Waals surface area (Å²) >= 11 is 0. The highest BCUT2D eigenvalue weighted by Gasteiger charge is 2.31. The number of carbonyl (C=O) groups excluding carboxylic acids is 2. The maximum atomic E-state index is 12.2. The van der Waals surface area contributed by atoms with E-state index in [0.29, 0.717) is 11.3 Å². The van der Waals surface area contributed by atoms with E-state index in [1.807, 2.05) is 0 Å². The Kier molecular flexibility index (Phi) is 6.66. The Balaban J connectivity index is 1.78. The van der Waals surface area contributed by atoms with E-state index in [-0.39, 0.29) is 28.8 Å². The van der Waals surface area contributed by atoms with Crippen molar-refractivity contribution in [3.05, 3.63) is 60.3 Å². The first-order valence-corrected chi connectivity index (χ1v) is 9.39. The van der Waals surface area contributed by atoms with Gasteiger partial charge < -0.3 is 26.3 Å². The van der Waals surface area contributed by atoms with Gasteiger partial charge in [-0.15, -0.1) is 13.2 Å². The number of benzene rings is 2. The van der Waals surface area contributed by atoms with Gasteiger partial charge in [-0.25, -0.2) is 9.97 Å². The number of primary amides is 2. The van der Waals surface area contributed by atoms with Crippen molar-refractivity contribution in [1.82, 2.24) is 9.97 Å². The van der Waals surface area contributed by atoms with Gasteiger partial charge in [0.05, 0.1) is 0 Å². The topological polar surface area (TPSA) is 142 Å². The van der Waals surface area contributed by atoms with Gasteiger partial charge in [-0.1, -0.05) is 0 Å². The molecule has 3 aromatic rings. The number of carbonyl (C=O) groups is 2. The summed E-state index contributed by atoms with van der Waals surface area (Å²) in [6, 6.07) is 11.8. The molecule has 0 aliphatic heterocycles. The molecule has 0 aliphatic carbocycles. The first kappa shape index (κ1) is 23.3. The average molecular weight is 461 g/mol. The predicted molar refractivity (Wildman–Crippen MR) is 111 cm³/mol. The van der Waals surface area contributed by atoms with Gasteiger partial charge in [0.15, 0.2) is 5.82 Å². The SMILES string of the molecule is CC(Nc1cc(C(N)=O)nc(-c2ccc(Oc3ccc(OC(F)(F)F)cc3)cc2)n1)C(N)=O. The Hall–Kier alpha value is -4.35. The summed E-state index contributed by atoms with van der Waals surface area (Å²) in [5.74, 6) is -0.758. The number of halogens is 3. The van der Waals surface area contributed by atoms with Crippen LogP contribution in [0, 0.1) is 0 Å². The second-order valence-corrected chi connectivity index (χ2v) is 6.74. The van der Waals surface area contributed by atoms with Crippen LogP contribution in [-0.4, -0.2) is 34.2 Å². The average Bonchev–Trinajstić information content (AvgIpc) is 2.74. The monoisotopic (exact) mass is 461 g/mol. The summed E-state index contributed by atoms with van der Waals surface area (Å²) in [5.41, 5.74) is 11.0. The summed E-state index contributed by atoms with van der Waals surface area (Å²) in [5, 5.41) is 2.77. The van der Waals surface area contributed by atoms with Gasteiger partial charge in [0, 0.05) is 11.6 Å². The molecule has 0 saturated carbocycles. The predicted octanol–water partition coefficient (Wildman–Crippen LogP) is 3.22. The van der Waals surface area contributed by atoms with Crippen molar-refractivity contribution in [1.29, 1.82) is 0 Å². The lowest BCUT2D eigenvalue weighted by atomic mass is 10.2. The highest BCUT2D eigenvalue weighted by molar-refractivity contribution is 5.92. The van der Waals surface area contributed by atoms with Gasteiger partial charge in [-0.2, -0.15) is 0 Å². The fourth-order valence-corrected chi connectivity index (χ4v) is 2.59. The van der Waals surface area contributed by atoms with Crippen LogP contribution in [0.3, 0.4) is 0 Å². The van der Waals surface area contributed by atoms with Crippen LogP contribution < -0.4 is 26.3 Å². The number of alkyl halides is 3. The van der Waals surface area contributed by atoms with Crippen molar-refractivity contribution < 1.29 is 32.2 Å². The maximum Gasteiger partial charge on any atom is 0.573 e. The number of nitrogens with two attached hydrogens (primary N) is 2. The van der Waals surface area contributed by atoms with Crippen molar-refractivity contribution in [2.75, 3.05) is 5.32 Å². The molecular weight excluding hydrogens is 443 g/mol. The third-order valence-corrected chi connectivity index (χ3v) is 4.18.